The Hall–Kier alpha value is -0.830. The van der Waals surface area contributed by atoms with Gasteiger partial charge in [0.05, 0.1) is 6.04 Å². The van der Waals surface area contributed by atoms with E-state index in [9.17, 15) is 0 Å². The van der Waals surface area contributed by atoms with Crippen LogP contribution in [0.3, 0.4) is 0 Å². The molecule has 0 amide bonds. The van der Waals surface area contributed by atoms with Gasteiger partial charge in [0, 0.05) is 9.90 Å². The van der Waals surface area contributed by atoms with E-state index in [4.69, 9.17) is 17.3 Å². The van der Waals surface area contributed by atoms with Crippen LogP contribution in [-0.2, 0) is 0 Å². The smallest absolute Gasteiger partial charge is 0.0577 e. The van der Waals surface area contributed by atoms with Gasteiger partial charge in [-0.25, -0.2) is 0 Å². The second kappa shape index (κ2) is 4.58. The lowest BCUT2D eigenvalue weighted by molar-refractivity contribution is 0.868. The molecule has 1 nitrogen and oxygen atoms in total. The van der Waals surface area contributed by atoms with Crippen molar-refractivity contribution in [3.8, 4) is 0 Å². The van der Waals surface area contributed by atoms with E-state index >= 15 is 0 Å². The summed E-state index contributed by atoms with van der Waals surface area (Å²) < 4.78 is 0. The van der Waals surface area contributed by atoms with Crippen molar-refractivity contribution in [2.24, 2.45) is 5.73 Å². The Morgan fingerprint density at radius 2 is 1.94 bits per heavy atom. The predicted octanol–water partition coefficient (Wildman–Crippen LogP) is 4.07. The molecule has 2 N–H and O–H groups in total. The van der Waals surface area contributed by atoms with Crippen LogP contribution in [0.1, 0.15) is 27.6 Å². The minimum atomic E-state index is -0.126. The molecule has 1 heterocycles. The number of hydrogen-bond donors (Lipinski definition) is 1. The fourth-order valence-electron chi connectivity index (χ4n) is 1.80. The number of aryl methyl sites for hydroxylation is 2. The Bertz CT molecular complexity index is 504. The number of thiophene rings is 1. The Balaban J connectivity index is 2.46. The molecule has 3 heteroatoms. The highest BCUT2D eigenvalue weighted by molar-refractivity contribution is 7.10. The summed E-state index contributed by atoms with van der Waals surface area (Å²) in [6, 6.07) is 7.94. The van der Waals surface area contributed by atoms with E-state index in [2.05, 4.69) is 18.4 Å². The summed E-state index contributed by atoms with van der Waals surface area (Å²) in [5.41, 5.74) is 9.49. The first-order valence-corrected chi connectivity index (χ1v) is 6.41. The third-order valence-electron chi connectivity index (χ3n) is 2.79. The van der Waals surface area contributed by atoms with Crippen LogP contribution in [0.2, 0.25) is 5.02 Å². The van der Waals surface area contributed by atoms with Crippen molar-refractivity contribution in [3.63, 3.8) is 0 Å². The van der Waals surface area contributed by atoms with Crippen molar-refractivity contribution in [3.05, 3.63) is 56.2 Å². The van der Waals surface area contributed by atoms with E-state index < -0.39 is 0 Å². The number of rotatable bonds is 2. The zero-order chi connectivity index (χ0) is 11.7. The molecule has 1 aromatic heterocycles. The topological polar surface area (TPSA) is 26.0 Å². The standard InChI is InChI=1S/C13H14ClNS/c1-8-4-3-5-11(12(8)14)13(15)10-6-7-16-9(10)2/h3-7,13H,15H2,1-2H3. The van der Waals surface area contributed by atoms with E-state index in [0.717, 1.165) is 21.7 Å². The molecule has 84 valence electrons. The molecule has 2 aromatic rings. The zero-order valence-corrected chi connectivity index (χ0v) is 10.9. The molecule has 2 rings (SSSR count). The highest BCUT2D eigenvalue weighted by Gasteiger charge is 2.15. The summed E-state index contributed by atoms with van der Waals surface area (Å²) in [6.07, 6.45) is 0. The lowest BCUT2D eigenvalue weighted by Gasteiger charge is -2.15. The molecule has 16 heavy (non-hydrogen) atoms. The van der Waals surface area contributed by atoms with Crippen LogP contribution in [0.4, 0.5) is 0 Å². The molecule has 0 aliphatic carbocycles. The van der Waals surface area contributed by atoms with Gasteiger partial charge < -0.3 is 5.73 Å². The van der Waals surface area contributed by atoms with E-state index in [0.29, 0.717) is 0 Å². The van der Waals surface area contributed by atoms with Crippen LogP contribution >= 0.6 is 22.9 Å². The molecule has 0 aliphatic rings. The second-order valence-electron chi connectivity index (χ2n) is 3.89. The Labute approximate surface area is 105 Å². The number of benzene rings is 1. The van der Waals surface area contributed by atoms with Crippen LogP contribution in [0.15, 0.2) is 29.6 Å². The van der Waals surface area contributed by atoms with Crippen LogP contribution in [0.5, 0.6) is 0 Å². The Morgan fingerprint density at radius 3 is 2.56 bits per heavy atom. The first-order valence-electron chi connectivity index (χ1n) is 5.16. The van der Waals surface area contributed by atoms with Crippen molar-refractivity contribution in [1.82, 2.24) is 0 Å². The van der Waals surface area contributed by atoms with Gasteiger partial charge >= 0.3 is 0 Å². The monoisotopic (exact) mass is 251 g/mol. The van der Waals surface area contributed by atoms with Gasteiger partial charge in [0.15, 0.2) is 0 Å². The lowest BCUT2D eigenvalue weighted by Crippen LogP contribution is -2.12. The van der Waals surface area contributed by atoms with E-state index in [1.807, 2.05) is 25.1 Å². The van der Waals surface area contributed by atoms with Crippen molar-refractivity contribution >= 4 is 22.9 Å². The molecular weight excluding hydrogens is 238 g/mol. The van der Waals surface area contributed by atoms with Gasteiger partial charge in [0.2, 0.25) is 0 Å². The molecule has 1 atom stereocenters. The highest BCUT2D eigenvalue weighted by atomic mass is 35.5. The largest absolute Gasteiger partial charge is 0.320 e. The van der Waals surface area contributed by atoms with Crippen LogP contribution in [0.25, 0.3) is 0 Å². The Kier molecular flexibility index (Phi) is 3.33. The predicted molar refractivity (Wildman–Crippen MR) is 71.3 cm³/mol. The minimum Gasteiger partial charge on any atom is -0.320 e. The maximum atomic E-state index is 6.28. The van der Waals surface area contributed by atoms with Gasteiger partial charge in [0.1, 0.15) is 0 Å². The molecule has 0 saturated carbocycles. The van der Waals surface area contributed by atoms with Gasteiger partial charge in [-0.15, -0.1) is 11.3 Å². The van der Waals surface area contributed by atoms with Crippen LogP contribution < -0.4 is 5.73 Å². The summed E-state index contributed by atoms with van der Waals surface area (Å²) in [5.74, 6) is 0. The fourth-order valence-corrected chi connectivity index (χ4v) is 2.79. The summed E-state index contributed by atoms with van der Waals surface area (Å²) in [5, 5.41) is 2.84. The fraction of sp³-hybridized carbons (Fsp3) is 0.231. The molecule has 1 unspecified atom stereocenters. The number of halogens is 1. The molecular formula is C13H14ClNS. The molecule has 0 aliphatic heterocycles. The maximum absolute atomic E-state index is 6.28. The molecule has 0 fully saturated rings. The summed E-state index contributed by atoms with van der Waals surface area (Å²) in [7, 11) is 0. The van der Waals surface area contributed by atoms with Crippen LogP contribution in [0, 0.1) is 13.8 Å². The molecule has 0 spiro atoms. The van der Waals surface area contributed by atoms with E-state index in [-0.39, 0.29) is 6.04 Å². The molecule has 0 bridgehead atoms. The normalized spacial score (nSPS) is 12.8. The zero-order valence-electron chi connectivity index (χ0n) is 9.33. The van der Waals surface area contributed by atoms with Crippen molar-refractivity contribution < 1.29 is 0 Å². The third-order valence-corrected chi connectivity index (χ3v) is 4.17. The lowest BCUT2D eigenvalue weighted by atomic mass is 9.99. The van der Waals surface area contributed by atoms with Gasteiger partial charge in [-0.05, 0) is 42.0 Å². The minimum absolute atomic E-state index is 0.126. The summed E-state index contributed by atoms with van der Waals surface area (Å²) in [4.78, 5) is 1.25. The molecule has 1 aromatic carbocycles. The molecule has 0 radical (unpaired) electrons. The van der Waals surface area contributed by atoms with E-state index in [1.54, 1.807) is 11.3 Å². The third kappa shape index (κ3) is 2.01. The first kappa shape index (κ1) is 11.6. The first-order chi connectivity index (χ1) is 7.61. The van der Waals surface area contributed by atoms with Crippen LogP contribution in [-0.4, -0.2) is 0 Å². The number of nitrogens with two attached hydrogens (primary N) is 1. The quantitative estimate of drug-likeness (QED) is 0.856. The number of hydrogen-bond acceptors (Lipinski definition) is 2. The van der Waals surface area contributed by atoms with Gasteiger partial charge in [-0.3, -0.25) is 0 Å². The average molecular weight is 252 g/mol. The van der Waals surface area contributed by atoms with Gasteiger partial charge in [-0.1, -0.05) is 29.8 Å². The highest BCUT2D eigenvalue weighted by Crippen LogP contribution is 2.31. The summed E-state index contributed by atoms with van der Waals surface area (Å²) in [6.45, 7) is 4.09. The average Bonchev–Trinajstić information content (AvgIpc) is 2.68. The summed E-state index contributed by atoms with van der Waals surface area (Å²) >= 11 is 8.00. The van der Waals surface area contributed by atoms with Crippen molar-refractivity contribution in [2.75, 3.05) is 0 Å². The van der Waals surface area contributed by atoms with Crippen molar-refractivity contribution in [1.29, 1.82) is 0 Å². The maximum Gasteiger partial charge on any atom is 0.0577 e. The van der Waals surface area contributed by atoms with Crippen molar-refractivity contribution in [2.45, 2.75) is 19.9 Å². The SMILES string of the molecule is Cc1cccc(C(N)c2ccsc2C)c1Cl. The van der Waals surface area contributed by atoms with E-state index in [1.165, 1.54) is 4.88 Å². The molecule has 0 saturated heterocycles. The Morgan fingerprint density at radius 1 is 1.19 bits per heavy atom. The second-order valence-corrected chi connectivity index (χ2v) is 5.39. The van der Waals surface area contributed by atoms with Gasteiger partial charge in [0.25, 0.3) is 0 Å². The van der Waals surface area contributed by atoms with Gasteiger partial charge in [-0.2, -0.15) is 0 Å².